The molecule has 158 valence electrons. The van der Waals surface area contributed by atoms with E-state index in [1.165, 1.54) is 41.6 Å². The van der Waals surface area contributed by atoms with E-state index in [4.69, 9.17) is 0 Å². The molecule has 6 rings (SSSR count). The van der Waals surface area contributed by atoms with Crippen molar-refractivity contribution in [1.82, 2.24) is 0 Å². The van der Waals surface area contributed by atoms with Crippen LogP contribution in [0.4, 0.5) is 0 Å². The zero-order valence-corrected chi connectivity index (χ0v) is 20.0. The van der Waals surface area contributed by atoms with Crippen LogP contribution in [-0.2, 0) is 6.16 Å². The number of fused-ring (bicyclic) bond motifs is 2. The van der Waals surface area contributed by atoms with E-state index in [-0.39, 0.29) is 0 Å². The molecule has 0 saturated carbocycles. The molecule has 0 N–H and O–H groups in total. The lowest BCUT2D eigenvalue weighted by molar-refractivity contribution is 1.50. The molecule has 0 unspecified atom stereocenters. The summed E-state index contributed by atoms with van der Waals surface area (Å²) < 4.78 is 1.37. The number of hydrogen-bond acceptors (Lipinski definition) is 1. The Labute approximate surface area is 199 Å². The molecule has 1 aromatic heterocycles. The quantitative estimate of drug-likeness (QED) is 0.234. The van der Waals surface area contributed by atoms with Crippen molar-refractivity contribution in [2.75, 3.05) is 0 Å². The van der Waals surface area contributed by atoms with Crippen LogP contribution < -0.4 is 15.9 Å². The molecule has 5 aromatic carbocycles. The molecule has 0 atom stereocenters. The van der Waals surface area contributed by atoms with Crippen LogP contribution >= 0.6 is 18.6 Å². The molecule has 0 saturated heterocycles. The van der Waals surface area contributed by atoms with E-state index in [2.05, 4.69) is 133 Å². The van der Waals surface area contributed by atoms with Gasteiger partial charge in [0, 0.05) is 9.58 Å². The van der Waals surface area contributed by atoms with Gasteiger partial charge in [-0.05, 0) is 70.8 Å². The molecule has 0 amide bonds. The SMILES string of the molecule is c1ccc([P+](Cc2cc3cc4ccccc4cc3s2)(c2ccccc2)c2ccccc2)cc1. The fourth-order valence-corrected chi connectivity index (χ4v) is 10.6. The Bertz CT molecular complexity index is 1370. The smallest absolute Gasteiger partial charge is 0.117 e. The van der Waals surface area contributed by atoms with Gasteiger partial charge in [0.1, 0.15) is 29.3 Å². The van der Waals surface area contributed by atoms with Gasteiger partial charge < -0.3 is 0 Å². The summed E-state index contributed by atoms with van der Waals surface area (Å²) in [5.74, 6) is 0. The lowest BCUT2D eigenvalue weighted by Gasteiger charge is -2.27. The van der Waals surface area contributed by atoms with Gasteiger partial charge in [-0.2, -0.15) is 0 Å². The minimum atomic E-state index is -1.87. The Morgan fingerprint density at radius 1 is 0.455 bits per heavy atom. The van der Waals surface area contributed by atoms with Gasteiger partial charge in [0.05, 0.1) is 0 Å². The summed E-state index contributed by atoms with van der Waals surface area (Å²) in [5.41, 5.74) is 0. The van der Waals surface area contributed by atoms with Crippen LogP contribution in [0.25, 0.3) is 20.9 Å². The molecule has 0 aliphatic carbocycles. The Hall–Kier alpha value is -3.25. The summed E-state index contributed by atoms with van der Waals surface area (Å²) in [6.07, 6.45) is 1.03. The number of rotatable bonds is 5. The molecule has 0 aliphatic rings. The third-order valence-electron chi connectivity index (χ3n) is 6.42. The van der Waals surface area contributed by atoms with Crippen LogP contribution in [0.2, 0.25) is 0 Å². The third kappa shape index (κ3) is 3.68. The molecule has 0 aliphatic heterocycles. The fraction of sp³-hybridized carbons (Fsp3) is 0.0323. The van der Waals surface area contributed by atoms with Crippen LogP contribution in [0, 0.1) is 0 Å². The van der Waals surface area contributed by atoms with Gasteiger partial charge in [-0.25, -0.2) is 0 Å². The average molecular weight is 460 g/mol. The van der Waals surface area contributed by atoms with Crippen molar-refractivity contribution < 1.29 is 0 Å². The lowest BCUT2D eigenvalue weighted by atomic mass is 10.1. The predicted molar refractivity (Wildman–Crippen MR) is 148 cm³/mol. The van der Waals surface area contributed by atoms with E-state index in [9.17, 15) is 0 Å². The largest absolute Gasteiger partial charge is 0.136 e. The first kappa shape index (κ1) is 20.4. The average Bonchev–Trinajstić information content (AvgIpc) is 3.28. The molecular weight excluding hydrogens is 435 g/mol. The summed E-state index contributed by atoms with van der Waals surface area (Å²) in [7, 11) is -1.87. The first-order valence-electron chi connectivity index (χ1n) is 11.3. The van der Waals surface area contributed by atoms with E-state index < -0.39 is 7.26 Å². The molecule has 2 heteroatoms. The van der Waals surface area contributed by atoms with Crippen molar-refractivity contribution in [3.05, 3.63) is 138 Å². The summed E-state index contributed by atoms with van der Waals surface area (Å²) >= 11 is 1.95. The van der Waals surface area contributed by atoms with Gasteiger partial charge in [-0.15, -0.1) is 11.3 Å². The Morgan fingerprint density at radius 2 is 0.909 bits per heavy atom. The zero-order valence-electron chi connectivity index (χ0n) is 18.3. The Kier molecular flexibility index (Phi) is 5.30. The van der Waals surface area contributed by atoms with E-state index in [1.54, 1.807) is 0 Å². The van der Waals surface area contributed by atoms with Crippen LogP contribution in [0.3, 0.4) is 0 Å². The first-order chi connectivity index (χ1) is 16.3. The van der Waals surface area contributed by atoms with Gasteiger partial charge in [0.2, 0.25) is 0 Å². The summed E-state index contributed by atoms with van der Waals surface area (Å²) in [4.78, 5) is 1.45. The number of thiophene rings is 1. The number of benzene rings is 5. The molecule has 0 fully saturated rings. The van der Waals surface area contributed by atoms with Crippen LogP contribution in [-0.4, -0.2) is 0 Å². The first-order valence-corrected chi connectivity index (χ1v) is 14.1. The monoisotopic (exact) mass is 459 g/mol. The van der Waals surface area contributed by atoms with Crippen molar-refractivity contribution in [3.8, 4) is 0 Å². The summed E-state index contributed by atoms with van der Waals surface area (Å²) in [5, 5.41) is 8.28. The maximum Gasteiger partial charge on any atom is 0.117 e. The van der Waals surface area contributed by atoms with Gasteiger partial charge >= 0.3 is 0 Å². The lowest BCUT2D eigenvalue weighted by Crippen LogP contribution is -2.32. The van der Waals surface area contributed by atoms with E-state index in [0.29, 0.717) is 0 Å². The van der Waals surface area contributed by atoms with E-state index >= 15 is 0 Å². The second kappa shape index (κ2) is 8.60. The maximum atomic E-state index is 2.43. The predicted octanol–water partition coefficient (Wildman–Crippen LogP) is 7.55. The van der Waals surface area contributed by atoms with E-state index in [1.807, 2.05) is 11.3 Å². The fourth-order valence-electron chi connectivity index (χ4n) is 4.86. The van der Waals surface area contributed by atoms with E-state index in [0.717, 1.165) is 6.16 Å². The molecular formula is C31H24PS+. The van der Waals surface area contributed by atoms with Crippen molar-refractivity contribution in [2.24, 2.45) is 0 Å². The van der Waals surface area contributed by atoms with Crippen LogP contribution in [0.15, 0.2) is 133 Å². The third-order valence-corrected chi connectivity index (χ3v) is 12.1. The topological polar surface area (TPSA) is 0 Å². The minimum Gasteiger partial charge on any atom is -0.136 e. The highest BCUT2D eigenvalue weighted by atomic mass is 32.1. The maximum absolute atomic E-state index is 2.43. The number of hydrogen-bond donors (Lipinski definition) is 0. The highest BCUT2D eigenvalue weighted by Crippen LogP contribution is 2.59. The summed E-state index contributed by atoms with van der Waals surface area (Å²) in [6.45, 7) is 0. The molecule has 1 heterocycles. The molecule has 33 heavy (non-hydrogen) atoms. The van der Waals surface area contributed by atoms with Gasteiger partial charge in [0.15, 0.2) is 0 Å². The Morgan fingerprint density at radius 3 is 1.42 bits per heavy atom. The van der Waals surface area contributed by atoms with Crippen molar-refractivity contribution in [1.29, 1.82) is 0 Å². The molecule has 0 spiro atoms. The zero-order chi connectivity index (χ0) is 22.1. The van der Waals surface area contributed by atoms with Gasteiger partial charge in [-0.3, -0.25) is 0 Å². The minimum absolute atomic E-state index is 1.03. The van der Waals surface area contributed by atoms with Gasteiger partial charge in [0.25, 0.3) is 0 Å². The summed E-state index contributed by atoms with van der Waals surface area (Å²) in [6, 6.07) is 49.3. The molecule has 0 bridgehead atoms. The van der Waals surface area contributed by atoms with Crippen molar-refractivity contribution in [3.63, 3.8) is 0 Å². The van der Waals surface area contributed by atoms with Crippen molar-refractivity contribution in [2.45, 2.75) is 6.16 Å². The molecule has 0 nitrogen and oxygen atoms in total. The Balaban J connectivity index is 1.58. The highest BCUT2D eigenvalue weighted by Gasteiger charge is 2.45. The van der Waals surface area contributed by atoms with Gasteiger partial charge in [-0.1, -0.05) is 78.9 Å². The highest BCUT2D eigenvalue weighted by molar-refractivity contribution is 7.95. The van der Waals surface area contributed by atoms with Crippen LogP contribution in [0.5, 0.6) is 0 Å². The normalized spacial score (nSPS) is 11.8. The second-order valence-electron chi connectivity index (χ2n) is 8.42. The molecule has 6 aromatic rings. The van der Waals surface area contributed by atoms with Crippen molar-refractivity contribution >= 4 is 55.4 Å². The van der Waals surface area contributed by atoms with Crippen LogP contribution in [0.1, 0.15) is 4.88 Å². The standard InChI is InChI=1S/C31H24PS/c1-4-14-27(15-5-1)32(28-16-6-2-7-17-28,29-18-8-3-9-19-29)23-30-21-26-20-24-12-10-11-13-25(24)22-31(26)33-30/h1-22H,23H2/q+1. The molecule has 0 radical (unpaired) electrons. The second-order valence-corrected chi connectivity index (χ2v) is 13.1.